The van der Waals surface area contributed by atoms with Crippen LogP contribution in [0.1, 0.15) is 31.1 Å². The zero-order valence-electron chi connectivity index (χ0n) is 18.9. The molecule has 0 fully saturated rings. The van der Waals surface area contributed by atoms with Crippen molar-refractivity contribution in [3.63, 3.8) is 0 Å². The average Bonchev–Trinajstić information content (AvgIpc) is 3.24. The Hall–Kier alpha value is -4.01. The van der Waals surface area contributed by atoms with Crippen LogP contribution in [0.25, 0.3) is 11.2 Å². The molecule has 0 atom stereocenters. The maximum Gasteiger partial charge on any atom is 0.333 e. The van der Waals surface area contributed by atoms with E-state index < -0.39 is 23.7 Å². The van der Waals surface area contributed by atoms with Crippen molar-refractivity contribution < 1.29 is 4.79 Å². The summed E-state index contributed by atoms with van der Waals surface area (Å²) in [5.74, 6) is -0.428. The Morgan fingerprint density at radius 2 is 1.76 bits per heavy atom. The monoisotopic (exact) mass is 446 g/mol. The highest BCUT2D eigenvalue weighted by Crippen LogP contribution is 2.09. The first-order valence-corrected chi connectivity index (χ1v) is 10.9. The maximum atomic E-state index is 13.4. The van der Waals surface area contributed by atoms with E-state index in [1.165, 1.54) is 9.13 Å². The van der Waals surface area contributed by atoms with Gasteiger partial charge < -0.3 is 4.57 Å². The second-order valence-corrected chi connectivity index (χ2v) is 7.99. The number of benzene rings is 1. The Labute approximate surface area is 189 Å². The van der Waals surface area contributed by atoms with Gasteiger partial charge in [0.15, 0.2) is 11.2 Å². The minimum absolute atomic E-state index is 0.0208. The summed E-state index contributed by atoms with van der Waals surface area (Å²) in [6.45, 7) is 6.05. The molecule has 33 heavy (non-hydrogen) atoms. The molecule has 170 valence electrons. The molecular formula is C24H26N6O3. The normalized spacial score (nSPS) is 12.1. The van der Waals surface area contributed by atoms with Gasteiger partial charge >= 0.3 is 5.69 Å². The lowest BCUT2D eigenvalue weighted by molar-refractivity contribution is 0.0882. The van der Waals surface area contributed by atoms with Gasteiger partial charge in [0.25, 0.3) is 11.5 Å². The van der Waals surface area contributed by atoms with Crippen molar-refractivity contribution in [2.24, 2.45) is 4.99 Å². The van der Waals surface area contributed by atoms with E-state index in [0.29, 0.717) is 23.2 Å². The molecule has 0 aliphatic carbocycles. The summed E-state index contributed by atoms with van der Waals surface area (Å²) in [5.41, 5.74) is 0.845. The van der Waals surface area contributed by atoms with Crippen molar-refractivity contribution in [2.45, 2.75) is 46.4 Å². The van der Waals surface area contributed by atoms with Gasteiger partial charge in [-0.15, -0.1) is 0 Å². The number of carbonyl (C=O) groups is 1. The first kappa shape index (κ1) is 22.2. The fourth-order valence-corrected chi connectivity index (χ4v) is 3.75. The highest BCUT2D eigenvalue weighted by atomic mass is 16.2. The van der Waals surface area contributed by atoms with Gasteiger partial charge in [-0.2, -0.15) is 0 Å². The average molecular weight is 447 g/mol. The van der Waals surface area contributed by atoms with Gasteiger partial charge in [-0.1, -0.05) is 36.4 Å². The van der Waals surface area contributed by atoms with Crippen LogP contribution in [0.2, 0.25) is 0 Å². The standard InChI is InChI=1S/C24H26N6O3/c1-4-27-16-25-22-21(27)23(32)30(24(33)29(22)14-18-10-6-5-7-11-18)15-20(31)28-13-9-8-12-19(28)26-17(2)3/h5-13,16-17H,4,14-15H2,1-3H3. The van der Waals surface area contributed by atoms with Crippen molar-refractivity contribution in [1.29, 1.82) is 0 Å². The number of hydrogen-bond acceptors (Lipinski definition) is 5. The molecule has 3 heterocycles. The van der Waals surface area contributed by atoms with E-state index >= 15 is 0 Å². The van der Waals surface area contributed by atoms with Crippen LogP contribution in [0.4, 0.5) is 0 Å². The van der Waals surface area contributed by atoms with Crippen LogP contribution in [0, 0.1) is 0 Å². The Bertz CT molecular complexity index is 1490. The quantitative estimate of drug-likeness (QED) is 0.452. The number of aryl methyl sites for hydroxylation is 1. The van der Waals surface area contributed by atoms with E-state index in [-0.39, 0.29) is 12.6 Å². The largest absolute Gasteiger partial charge is 0.333 e. The van der Waals surface area contributed by atoms with Gasteiger partial charge in [-0.25, -0.2) is 14.3 Å². The lowest BCUT2D eigenvalue weighted by Gasteiger charge is -2.13. The van der Waals surface area contributed by atoms with Crippen LogP contribution in [-0.4, -0.2) is 35.2 Å². The summed E-state index contributed by atoms with van der Waals surface area (Å²) in [7, 11) is 0. The number of rotatable bonds is 6. The van der Waals surface area contributed by atoms with E-state index in [9.17, 15) is 14.4 Å². The van der Waals surface area contributed by atoms with Crippen molar-refractivity contribution in [3.05, 3.63) is 92.9 Å². The molecule has 0 unspecified atom stereocenters. The molecule has 4 aromatic rings. The lowest BCUT2D eigenvalue weighted by Crippen LogP contribution is -2.44. The van der Waals surface area contributed by atoms with Crippen molar-refractivity contribution >= 4 is 17.1 Å². The second kappa shape index (κ2) is 9.23. The Balaban J connectivity index is 1.87. The number of carbonyl (C=O) groups excluding carboxylic acids is 1. The minimum Gasteiger partial charge on any atom is -0.325 e. The van der Waals surface area contributed by atoms with Gasteiger partial charge in [0.1, 0.15) is 12.0 Å². The highest BCUT2D eigenvalue weighted by molar-refractivity contribution is 5.79. The summed E-state index contributed by atoms with van der Waals surface area (Å²) in [6, 6.07) is 14.7. The predicted molar refractivity (Wildman–Crippen MR) is 125 cm³/mol. The van der Waals surface area contributed by atoms with E-state index in [4.69, 9.17) is 0 Å². The smallest absolute Gasteiger partial charge is 0.325 e. The molecule has 9 nitrogen and oxygen atoms in total. The first-order chi connectivity index (χ1) is 15.9. The fraction of sp³-hybridized carbons (Fsp3) is 0.292. The van der Waals surface area contributed by atoms with Gasteiger partial charge in [0.05, 0.1) is 12.9 Å². The molecule has 0 saturated carbocycles. The van der Waals surface area contributed by atoms with Gasteiger partial charge in [0.2, 0.25) is 0 Å². The molecule has 0 aliphatic rings. The predicted octanol–water partition coefficient (Wildman–Crippen LogP) is 1.88. The van der Waals surface area contributed by atoms with Crippen LogP contribution in [0.15, 0.2) is 75.6 Å². The Morgan fingerprint density at radius 3 is 2.45 bits per heavy atom. The Kier molecular flexibility index (Phi) is 6.21. The van der Waals surface area contributed by atoms with E-state index in [1.807, 2.05) is 51.1 Å². The van der Waals surface area contributed by atoms with Gasteiger partial charge in [0, 0.05) is 18.8 Å². The number of imidazole rings is 1. The molecule has 0 bridgehead atoms. The van der Waals surface area contributed by atoms with Crippen molar-refractivity contribution in [2.75, 3.05) is 0 Å². The molecule has 9 heteroatoms. The molecule has 1 aromatic carbocycles. The highest BCUT2D eigenvalue weighted by Gasteiger charge is 2.20. The van der Waals surface area contributed by atoms with Crippen LogP contribution in [0.3, 0.4) is 0 Å². The molecule has 0 saturated heterocycles. The first-order valence-electron chi connectivity index (χ1n) is 10.9. The topological polar surface area (TPSA) is 96.2 Å². The zero-order chi connectivity index (χ0) is 23.5. The SMILES string of the molecule is CCn1cnc2c1c(=O)n(CC(=O)n1ccccc1=NC(C)C)c(=O)n2Cc1ccccc1. The molecule has 0 radical (unpaired) electrons. The van der Waals surface area contributed by atoms with Crippen LogP contribution in [-0.2, 0) is 19.6 Å². The second-order valence-electron chi connectivity index (χ2n) is 7.99. The van der Waals surface area contributed by atoms with Crippen LogP contribution in [0.5, 0.6) is 0 Å². The summed E-state index contributed by atoms with van der Waals surface area (Å²) < 4.78 is 5.49. The minimum atomic E-state index is -0.579. The van der Waals surface area contributed by atoms with Crippen LogP contribution < -0.4 is 16.7 Å². The lowest BCUT2D eigenvalue weighted by atomic mass is 10.2. The van der Waals surface area contributed by atoms with Gasteiger partial charge in [-0.3, -0.25) is 23.7 Å². The summed E-state index contributed by atoms with van der Waals surface area (Å²) in [5, 5.41) is 0. The summed E-state index contributed by atoms with van der Waals surface area (Å²) >= 11 is 0. The number of pyridine rings is 1. The van der Waals surface area contributed by atoms with Crippen LogP contribution >= 0.6 is 0 Å². The molecule has 4 rings (SSSR count). The fourth-order valence-electron chi connectivity index (χ4n) is 3.75. The molecule has 0 aliphatic heterocycles. The maximum absolute atomic E-state index is 13.4. The van der Waals surface area contributed by atoms with Crippen molar-refractivity contribution in [3.8, 4) is 0 Å². The zero-order valence-corrected chi connectivity index (χ0v) is 18.9. The number of nitrogens with zero attached hydrogens (tertiary/aromatic N) is 6. The number of aromatic nitrogens is 5. The van der Waals surface area contributed by atoms with Gasteiger partial charge in [-0.05, 0) is 38.5 Å². The van der Waals surface area contributed by atoms with E-state index in [2.05, 4.69) is 9.98 Å². The summed E-state index contributed by atoms with van der Waals surface area (Å²) in [6.07, 6.45) is 3.14. The molecule has 3 aromatic heterocycles. The number of hydrogen-bond donors (Lipinski definition) is 0. The Morgan fingerprint density at radius 1 is 1.03 bits per heavy atom. The van der Waals surface area contributed by atoms with Crippen molar-refractivity contribution in [1.82, 2.24) is 23.3 Å². The molecular weight excluding hydrogens is 420 g/mol. The molecule has 0 amide bonds. The third kappa shape index (κ3) is 4.34. The third-order valence-corrected chi connectivity index (χ3v) is 5.30. The summed E-state index contributed by atoms with van der Waals surface area (Å²) in [4.78, 5) is 48.8. The third-order valence-electron chi connectivity index (χ3n) is 5.30. The molecule has 0 N–H and O–H groups in total. The number of fused-ring (bicyclic) bond motifs is 1. The molecule has 0 spiro atoms. The van der Waals surface area contributed by atoms with E-state index in [1.54, 1.807) is 35.3 Å². The van der Waals surface area contributed by atoms with E-state index in [0.717, 1.165) is 10.1 Å².